The first kappa shape index (κ1) is 12.6. The fraction of sp³-hybridized carbons (Fsp3) is 0.875. The van der Waals surface area contributed by atoms with Crippen LogP contribution < -0.4 is 0 Å². The Hall–Kier alpha value is 0.556. The Labute approximate surface area is 81.1 Å². The van der Waals surface area contributed by atoms with Crippen LogP contribution >= 0.6 is 0 Å². The standard InChI is InChI=1S/C8H20Ge2O2/c1-9(2,3)7-8(11)12-10(4,5)6/h7H2,1-6H3. The summed E-state index contributed by atoms with van der Waals surface area (Å²) < 4.78 is 5.41. The fourth-order valence-corrected chi connectivity index (χ4v) is 5.00. The Balaban J connectivity index is 3.92. The van der Waals surface area contributed by atoms with Crippen LogP contribution in [0.5, 0.6) is 0 Å². The molecule has 4 heteroatoms. The van der Waals surface area contributed by atoms with Crippen molar-refractivity contribution in [3.8, 4) is 0 Å². The summed E-state index contributed by atoms with van der Waals surface area (Å²) in [6.45, 7) is 0. The Morgan fingerprint density at radius 2 is 1.50 bits per heavy atom. The fourth-order valence-electron chi connectivity index (χ4n) is 0.811. The molecule has 0 aliphatic heterocycles. The van der Waals surface area contributed by atoms with E-state index in [0.717, 1.165) is 0 Å². The predicted molar refractivity (Wildman–Crippen MR) is 57.6 cm³/mol. The molecule has 0 saturated heterocycles. The van der Waals surface area contributed by atoms with Gasteiger partial charge in [-0.15, -0.1) is 0 Å². The minimum atomic E-state index is -2.10. The average Bonchev–Trinajstić information content (AvgIpc) is 1.49. The summed E-state index contributed by atoms with van der Waals surface area (Å²) in [5.74, 6) is 13.0. The van der Waals surface area contributed by atoms with Crippen LogP contribution in [0.1, 0.15) is 0 Å². The summed E-state index contributed by atoms with van der Waals surface area (Å²) in [4.78, 5) is 11.3. The SMILES string of the molecule is [CH3][Ge]([CH3])([CH3])[CH2]C(=O)[O][Ge]([CH3])([CH3])[CH3]. The third-order valence-electron chi connectivity index (χ3n) is 1.09. The van der Waals surface area contributed by atoms with Gasteiger partial charge in [-0.2, -0.15) is 0 Å². The zero-order valence-corrected chi connectivity index (χ0v) is 13.2. The molecule has 0 aromatic heterocycles. The Morgan fingerprint density at radius 3 is 1.75 bits per heavy atom. The van der Waals surface area contributed by atoms with Crippen LogP contribution in [-0.2, 0) is 8.56 Å². The van der Waals surface area contributed by atoms with Gasteiger partial charge < -0.3 is 0 Å². The van der Waals surface area contributed by atoms with Crippen molar-refractivity contribution in [1.29, 1.82) is 0 Å². The van der Waals surface area contributed by atoms with E-state index in [-0.39, 0.29) is 5.97 Å². The predicted octanol–water partition coefficient (Wildman–Crippen LogP) is 2.70. The van der Waals surface area contributed by atoms with Crippen molar-refractivity contribution in [2.75, 3.05) is 0 Å². The molecule has 0 bridgehead atoms. The maximum absolute atomic E-state index is 11.3. The second-order valence-electron chi connectivity index (χ2n) is 5.32. The molecule has 0 aliphatic rings. The van der Waals surface area contributed by atoms with Crippen molar-refractivity contribution in [1.82, 2.24) is 0 Å². The van der Waals surface area contributed by atoms with E-state index in [0.29, 0.717) is 5.25 Å². The summed E-state index contributed by atoms with van der Waals surface area (Å²) in [5, 5.41) is 0.711. The second kappa shape index (κ2) is 4.18. The molecule has 0 aliphatic carbocycles. The van der Waals surface area contributed by atoms with E-state index in [1.54, 1.807) is 0 Å². The van der Waals surface area contributed by atoms with Crippen molar-refractivity contribution in [3.63, 3.8) is 0 Å². The van der Waals surface area contributed by atoms with Crippen LogP contribution in [0, 0.1) is 0 Å². The van der Waals surface area contributed by atoms with Crippen LogP contribution in [0.15, 0.2) is 0 Å². The molecular weight excluding hydrogens is 273 g/mol. The number of rotatable bonds is 3. The van der Waals surface area contributed by atoms with Gasteiger partial charge in [-0.1, -0.05) is 0 Å². The zero-order valence-electron chi connectivity index (χ0n) is 9.02. The second-order valence-corrected chi connectivity index (χ2v) is 26.1. The number of hydrogen-bond acceptors (Lipinski definition) is 2. The summed E-state index contributed by atoms with van der Waals surface area (Å²) in [6.07, 6.45) is 0. The first-order chi connectivity index (χ1) is 5.10. The summed E-state index contributed by atoms with van der Waals surface area (Å²) in [7, 11) is 0. The van der Waals surface area contributed by atoms with Gasteiger partial charge in [0.1, 0.15) is 0 Å². The molecular formula is C8H20Ge2O2. The molecule has 0 atom stereocenters. The zero-order chi connectivity index (χ0) is 9.99. The van der Waals surface area contributed by atoms with Gasteiger partial charge in [0.2, 0.25) is 0 Å². The third-order valence-corrected chi connectivity index (χ3v) is 5.69. The van der Waals surface area contributed by atoms with Crippen LogP contribution in [0.2, 0.25) is 39.8 Å². The first-order valence-corrected chi connectivity index (χ1v) is 19.2. The van der Waals surface area contributed by atoms with Crippen molar-refractivity contribution >= 4 is 32.8 Å². The molecule has 0 heterocycles. The van der Waals surface area contributed by atoms with Gasteiger partial charge in [-0.25, -0.2) is 0 Å². The Kier molecular flexibility index (Phi) is 4.37. The third kappa shape index (κ3) is 8.65. The average molecular weight is 293 g/mol. The number of hydrogen-bond donors (Lipinski definition) is 0. The quantitative estimate of drug-likeness (QED) is 0.748. The van der Waals surface area contributed by atoms with Crippen LogP contribution in [0.25, 0.3) is 0 Å². The van der Waals surface area contributed by atoms with E-state index in [4.69, 9.17) is 3.76 Å². The molecule has 0 aromatic carbocycles. The Morgan fingerprint density at radius 1 is 1.08 bits per heavy atom. The first-order valence-electron chi connectivity index (χ1n) is 4.32. The van der Waals surface area contributed by atoms with E-state index >= 15 is 0 Å². The van der Waals surface area contributed by atoms with E-state index < -0.39 is 26.9 Å². The summed E-state index contributed by atoms with van der Waals surface area (Å²) in [5.41, 5.74) is 0. The minimum absolute atomic E-state index is 0.0509. The molecule has 2 nitrogen and oxygen atoms in total. The van der Waals surface area contributed by atoms with Gasteiger partial charge in [0, 0.05) is 0 Å². The molecule has 0 saturated carbocycles. The van der Waals surface area contributed by atoms with Crippen molar-refractivity contribution in [2.24, 2.45) is 0 Å². The molecule has 0 unspecified atom stereocenters. The van der Waals surface area contributed by atoms with Crippen LogP contribution in [0.4, 0.5) is 0 Å². The van der Waals surface area contributed by atoms with Crippen LogP contribution in [-0.4, -0.2) is 32.8 Å². The van der Waals surface area contributed by atoms with Crippen LogP contribution in [0.3, 0.4) is 0 Å². The van der Waals surface area contributed by atoms with Gasteiger partial charge in [-0.05, 0) is 0 Å². The molecule has 0 aromatic rings. The van der Waals surface area contributed by atoms with Gasteiger partial charge >= 0.3 is 81.2 Å². The van der Waals surface area contributed by atoms with Gasteiger partial charge in [0.25, 0.3) is 0 Å². The number of carbonyl (C=O) groups is 1. The molecule has 0 radical (unpaired) electrons. The molecule has 0 fully saturated rings. The summed E-state index contributed by atoms with van der Waals surface area (Å²) in [6, 6.07) is 0. The van der Waals surface area contributed by atoms with Gasteiger partial charge in [0.05, 0.1) is 0 Å². The van der Waals surface area contributed by atoms with E-state index in [1.807, 2.05) is 0 Å². The molecule has 12 heavy (non-hydrogen) atoms. The van der Waals surface area contributed by atoms with Gasteiger partial charge in [0.15, 0.2) is 0 Å². The topological polar surface area (TPSA) is 26.3 Å². The molecule has 0 amide bonds. The Bertz CT molecular complexity index is 147. The van der Waals surface area contributed by atoms with Crippen molar-refractivity contribution in [2.45, 2.75) is 39.8 Å². The van der Waals surface area contributed by atoms with E-state index in [2.05, 4.69) is 34.5 Å². The monoisotopic (exact) mass is 296 g/mol. The molecule has 0 rings (SSSR count). The van der Waals surface area contributed by atoms with E-state index in [9.17, 15) is 4.79 Å². The maximum atomic E-state index is 11.3. The molecule has 0 spiro atoms. The molecule has 72 valence electrons. The van der Waals surface area contributed by atoms with Crippen molar-refractivity contribution in [3.05, 3.63) is 0 Å². The summed E-state index contributed by atoms with van der Waals surface area (Å²) >= 11 is -3.82. The number of carbonyl (C=O) groups excluding carboxylic acids is 1. The normalized spacial score (nSPS) is 12.8. The molecule has 0 N–H and O–H groups in total. The van der Waals surface area contributed by atoms with Crippen molar-refractivity contribution < 1.29 is 8.56 Å². The van der Waals surface area contributed by atoms with E-state index in [1.165, 1.54) is 0 Å². The van der Waals surface area contributed by atoms with Gasteiger partial charge in [-0.3, -0.25) is 0 Å².